The van der Waals surface area contributed by atoms with Gasteiger partial charge in [-0.05, 0) is 37.3 Å². The van der Waals surface area contributed by atoms with Crippen molar-refractivity contribution in [3.05, 3.63) is 57.6 Å². The molecular formula is C19H18F3N3O5. The first-order valence-corrected chi connectivity index (χ1v) is 8.93. The lowest BCUT2D eigenvalue weighted by Gasteiger charge is -2.30. The van der Waals surface area contributed by atoms with E-state index in [1.165, 1.54) is 18.2 Å². The number of halogens is 3. The standard InChI is InChI=1S/C19H18F3N3O5/c1-12-10-17(24-6-8-29-9-7-24)15(11-16(12)25(27)28)18(26)23-13-2-4-14(5-3-13)30-19(20,21)22/h2-5,10-11H,6-9H2,1H3,(H,23,26). The molecule has 1 fully saturated rings. The molecule has 0 atom stereocenters. The Morgan fingerprint density at radius 3 is 2.40 bits per heavy atom. The minimum absolute atomic E-state index is 0.0878. The van der Waals surface area contributed by atoms with Gasteiger partial charge in [-0.3, -0.25) is 14.9 Å². The Kier molecular flexibility index (Phi) is 6.11. The number of benzene rings is 2. The SMILES string of the molecule is Cc1cc(N2CCOCC2)c(C(=O)Nc2ccc(OC(F)(F)F)cc2)cc1[N+](=O)[O-]. The van der Waals surface area contributed by atoms with Gasteiger partial charge in [0.15, 0.2) is 0 Å². The molecule has 30 heavy (non-hydrogen) atoms. The summed E-state index contributed by atoms with van der Waals surface area (Å²) in [5.41, 5.74) is 1.03. The third kappa shape index (κ3) is 5.17. The first-order chi connectivity index (χ1) is 14.1. The van der Waals surface area contributed by atoms with Crippen LogP contribution in [0.4, 0.5) is 30.2 Å². The number of morpholine rings is 1. The molecule has 2 aromatic carbocycles. The summed E-state index contributed by atoms with van der Waals surface area (Å²) >= 11 is 0. The third-order valence-electron chi connectivity index (χ3n) is 4.45. The highest BCUT2D eigenvalue weighted by atomic mass is 19.4. The van der Waals surface area contributed by atoms with Crippen LogP contribution in [0.15, 0.2) is 36.4 Å². The average Bonchev–Trinajstić information content (AvgIpc) is 2.68. The number of nitro benzene ring substituents is 1. The molecule has 3 rings (SSSR count). The second kappa shape index (κ2) is 8.57. The predicted octanol–water partition coefficient (Wildman–Crippen LogP) is 3.89. The minimum atomic E-state index is -4.82. The molecule has 0 radical (unpaired) electrons. The van der Waals surface area contributed by atoms with Gasteiger partial charge in [-0.1, -0.05) is 0 Å². The molecule has 2 aromatic rings. The Balaban J connectivity index is 1.88. The molecule has 1 aliphatic heterocycles. The highest BCUT2D eigenvalue weighted by molar-refractivity contribution is 6.08. The van der Waals surface area contributed by atoms with E-state index in [1.807, 2.05) is 4.90 Å². The van der Waals surface area contributed by atoms with Crippen LogP contribution in [0.2, 0.25) is 0 Å². The van der Waals surface area contributed by atoms with Crippen LogP contribution in [0.3, 0.4) is 0 Å². The van der Waals surface area contributed by atoms with Gasteiger partial charge in [-0.2, -0.15) is 0 Å². The fraction of sp³-hybridized carbons (Fsp3) is 0.316. The lowest BCUT2D eigenvalue weighted by atomic mass is 10.0. The van der Waals surface area contributed by atoms with E-state index in [-0.39, 0.29) is 16.9 Å². The summed E-state index contributed by atoms with van der Waals surface area (Å²) in [5, 5.41) is 13.9. The topological polar surface area (TPSA) is 93.9 Å². The van der Waals surface area contributed by atoms with Gasteiger partial charge in [-0.15, -0.1) is 13.2 Å². The van der Waals surface area contributed by atoms with Gasteiger partial charge in [0.25, 0.3) is 11.6 Å². The highest BCUT2D eigenvalue weighted by Crippen LogP contribution is 2.31. The molecular weight excluding hydrogens is 407 g/mol. The number of nitrogens with one attached hydrogen (secondary N) is 1. The zero-order valence-electron chi connectivity index (χ0n) is 15.9. The van der Waals surface area contributed by atoms with Crippen LogP contribution in [0.5, 0.6) is 5.75 Å². The van der Waals surface area contributed by atoms with Crippen LogP contribution < -0.4 is 15.0 Å². The molecule has 160 valence electrons. The molecule has 8 nitrogen and oxygen atoms in total. The van der Waals surface area contributed by atoms with Gasteiger partial charge in [0.2, 0.25) is 0 Å². The maximum absolute atomic E-state index is 12.9. The van der Waals surface area contributed by atoms with Crippen LogP contribution in [0, 0.1) is 17.0 Å². The van der Waals surface area contributed by atoms with E-state index < -0.39 is 22.9 Å². The Morgan fingerprint density at radius 1 is 1.20 bits per heavy atom. The second-order valence-corrected chi connectivity index (χ2v) is 6.54. The van der Waals surface area contributed by atoms with E-state index in [0.717, 1.165) is 12.1 Å². The monoisotopic (exact) mass is 425 g/mol. The van der Waals surface area contributed by atoms with Gasteiger partial charge < -0.3 is 19.7 Å². The maximum Gasteiger partial charge on any atom is 0.573 e. The smallest absolute Gasteiger partial charge is 0.406 e. The van der Waals surface area contributed by atoms with Crippen molar-refractivity contribution in [1.29, 1.82) is 0 Å². The molecule has 0 saturated carbocycles. The van der Waals surface area contributed by atoms with E-state index in [0.29, 0.717) is 37.6 Å². The van der Waals surface area contributed by atoms with Crippen molar-refractivity contribution < 1.29 is 32.4 Å². The highest BCUT2D eigenvalue weighted by Gasteiger charge is 2.31. The Morgan fingerprint density at radius 2 is 1.83 bits per heavy atom. The quantitative estimate of drug-likeness (QED) is 0.577. The Hall–Kier alpha value is -3.34. The number of carbonyl (C=O) groups excluding carboxylic acids is 1. The predicted molar refractivity (Wildman–Crippen MR) is 102 cm³/mol. The molecule has 0 spiro atoms. The molecule has 0 aromatic heterocycles. The van der Waals surface area contributed by atoms with E-state index in [2.05, 4.69) is 10.1 Å². The van der Waals surface area contributed by atoms with Gasteiger partial charge in [0.05, 0.1) is 29.4 Å². The molecule has 1 N–H and O–H groups in total. The van der Waals surface area contributed by atoms with Crippen LogP contribution in [0.1, 0.15) is 15.9 Å². The molecule has 11 heteroatoms. The average molecular weight is 425 g/mol. The van der Waals surface area contributed by atoms with Crippen molar-refractivity contribution in [2.75, 3.05) is 36.5 Å². The number of amides is 1. The molecule has 0 aliphatic carbocycles. The minimum Gasteiger partial charge on any atom is -0.406 e. The van der Waals surface area contributed by atoms with Gasteiger partial charge >= 0.3 is 6.36 Å². The van der Waals surface area contributed by atoms with Crippen molar-refractivity contribution in [1.82, 2.24) is 0 Å². The summed E-state index contributed by atoms with van der Waals surface area (Å²) in [6.07, 6.45) is -4.82. The van der Waals surface area contributed by atoms with Crippen molar-refractivity contribution in [2.24, 2.45) is 0 Å². The van der Waals surface area contributed by atoms with E-state index in [1.54, 1.807) is 13.0 Å². The second-order valence-electron chi connectivity index (χ2n) is 6.54. The summed E-state index contributed by atoms with van der Waals surface area (Å²) < 4.78 is 45.9. The maximum atomic E-state index is 12.9. The number of aryl methyl sites for hydroxylation is 1. The number of hydrogen-bond acceptors (Lipinski definition) is 6. The van der Waals surface area contributed by atoms with Crippen LogP contribution in [-0.2, 0) is 4.74 Å². The van der Waals surface area contributed by atoms with Gasteiger partial charge in [0, 0.05) is 30.4 Å². The molecule has 1 saturated heterocycles. The molecule has 0 unspecified atom stereocenters. The fourth-order valence-corrected chi connectivity index (χ4v) is 3.06. The number of carbonyl (C=O) groups is 1. The first-order valence-electron chi connectivity index (χ1n) is 8.93. The zero-order chi connectivity index (χ0) is 21.9. The third-order valence-corrected chi connectivity index (χ3v) is 4.45. The van der Waals surface area contributed by atoms with E-state index in [4.69, 9.17) is 4.74 Å². The summed E-state index contributed by atoms with van der Waals surface area (Å²) in [4.78, 5) is 25.5. The number of alkyl halides is 3. The lowest BCUT2D eigenvalue weighted by Crippen LogP contribution is -2.37. The van der Waals surface area contributed by atoms with Crippen molar-refractivity contribution in [3.8, 4) is 5.75 Å². The Labute approximate surface area is 169 Å². The molecule has 1 aliphatic rings. The number of ether oxygens (including phenoxy) is 2. The largest absolute Gasteiger partial charge is 0.573 e. The van der Waals surface area contributed by atoms with Gasteiger partial charge in [-0.25, -0.2) is 0 Å². The number of anilines is 2. The molecule has 0 bridgehead atoms. The number of hydrogen-bond donors (Lipinski definition) is 1. The number of nitrogens with zero attached hydrogens (tertiary/aromatic N) is 2. The van der Waals surface area contributed by atoms with Crippen LogP contribution >= 0.6 is 0 Å². The van der Waals surface area contributed by atoms with Crippen LogP contribution in [-0.4, -0.2) is 43.5 Å². The Bertz CT molecular complexity index is 942. The van der Waals surface area contributed by atoms with Crippen molar-refractivity contribution in [3.63, 3.8) is 0 Å². The summed E-state index contributed by atoms with van der Waals surface area (Å²) in [6.45, 7) is 3.53. The number of rotatable bonds is 5. The summed E-state index contributed by atoms with van der Waals surface area (Å²) in [6, 6.07) is 7.40. The van der Waals surface area contributed by atoms with E-state index >= 15 is 0 Å². The van der Waals surface area contributed by atoms with Crippen molar-refractivity contribution >= 4 is 23.0 Å². The van der Waals surface area contributed by atoms with E-state index in [9.17, 15) is 28.1 Å². The summed E-state index contributed by atoms with van der Waals surface area (Å²) in [5.74, 6) is -1.05. The first kappa shape index (κ1) is 21.4. The van der Waals surface area contributed by atoms with Crippen LogP contribution in [0.25, 0.3) is 0 Å². The zero-order valence-corrected chi connectivity index (χ0v) is 15.9. The van der Waals surface area contributed by atoms with Crippen molar-refractivity contribution in [2.45, 2.75) is 13.3 Å². The normalized spacial score (nSPS) is 14.3. The number of nitro groups is 1. The molecule has 1 heterocycles. The molecule has 1 amide bonds. The lowest BCUT2D eigenvalue weighted by molar-refractivity contribution is -0.385. The fourth-order valence-electron chi connectivity index (χ4n) is 3.06. The van der Waals surface area contributed by atoms with Gasteiger partial charge in [0.1, 0.15) is 5.75 Å². The summed E-state index contributed by atoms with van der Waals surface area (Å²) in [7, 11) is 0.